The van der Waals surface area contributed by atoms with Crippen LogP contribution in [0.2, 0.25) is 0 Å². The van der Waals surface area contributed by atoms with Gasteiger partial charge in [0.1, 0.15) is 0 Å². The van der Waals surface area contributed by atoms with Gasteiger partial charge >= 0.3 is 0 Å². The second-order valence-electron chi connectivity index (χ2n) is 7.83. The van der Waals surface area contributed by atoms with Gasteiger partial charge in [0.15, 0.2) is 0 Å². The highest BCUT2D eigenvalue weighted by molar-refractivity contribution is 5.22. The maximum Gasteiger partial charge on any atom is -0.0172 e. The predicted octanol–water partition coefficient (Wildman–Crippen LogP) is 6.04. The first-order valence-electron chi connectivity index (χ1n) is 9.29. The Morgan fingerprint density at radius 3 is 1.60 bits per heavy atom. The lowest BCUT2D eigenvalue weighted by Gasteiger charge is -2.29. The van der Waals surface area contributed by atoms with Crippen LogP contribution in [0.3, 0.4) is 0 Å². The monoisotopic (exact) mass is 270 g/mol. The van der Waals surface area contributed by atoms with Crippen molar-refractivity contribution < 1.29 is 0 Å². The van der Waals surface area contributed by atoms with Gasteiger partial charge in [-0.2, -0.15) is 0 Å². The summed E-state index contributed by atoms with van der Waals surface area (Å²) in [6.07, 6.45) is 22.9. The van der Waals surface area contributed by atoms with Gasteiger partial charge in [0, 0.05) is 0 Å². The van der Waals surface area contributed by atoms with Crippen LogP contribution in [0.15, 0.2) is 23.3 Å². The van der Waals surface area contributed by atoms with Gasteiger partial charge in [-0.25, -0.2) is 0 Å². The largest absolute Gasteiger partial charge is 0.0847 e. The van der Waals surface area contributed by atoms with E-state index in [1.807, 2.05) is 11.1 Å². The molecule has 0 aromatic heterocycles. The SMILES string of the molecule is C1=C(CCC2=CCC3CCCCC23)C2CCCCC2C1. The third-order valence-corrected chi connectivity index (χ3v) is 6.84. The van der Waals surface area contributed by atoms with E-state index in [1.54, 1.807) is 0 Å². The Morgan fingerprint density at radius 2 is 1.10 bits per heavy atom. The van der Waals surface area contributed by atoms with Crippen LogP contribution in [0.1, 0.15) is 77.0 Å². The molecule has 0 amide bonds. The molecule has 0 saturated heterocycles. The highest BCUT2D eigenvalue weighted by Gasteiger charge is 2.34. The van der Waals surface area contributed by atoms with Crippen LogP contribution in [0.25, 0.3) is 0 Å². The lowest BCUT2D eigenvalue weighted by molar-refractivity contribution is 0.283. The van der Waals surface area contributed by atoms with Gasteiger partial charge in [-0.15, -0.1) is 0 Å². The van der Waals surface area contributed by atoms with Crippen molar-refractivity contribution in [3.63, 3.8) is 0 Å². The average Bonchev–Trinajstić information content (AvgIpc) is 3.09. The summed E-state index contributed by atoms with van der Waals surface area (Å²) in [7, 11) is 0. The van der Waals surface area contributed by atoms with E-state index in [0.29, 0.717) is 0 Å². The predicted molar refractivity (Wildman–Crippen MR) is 85.5 cm³/mol. The highest BCUT2D eigenvalue weighted by Crippen LogP contribution is 2.47. The Hall–Kier alpha value is -0.520. The van der Waals surface area contributed by atoms with E-state index in [2.05, 4.69) is 12.2 Å². The normalized spacial score (nSPS) is 40.0. The molecule has 0 spiro atoms. The van der Waals surface area contributed by atoms with E-state index < -0.39 is 0 Å². The molecule has 4 aliphatic carbocycles. The first-order valence-corrected chi connectivity index (χ1v) is 9.29. The summed E-state index contributed by atoms with van der Waals surface area (Å²) in [5.41, 5.74) is 3.71. The molecular formula is C20H30. The molecule has 0 aromatic carbocycles. The number of hydrogen-bond acceptors (Lipinski definition) is 0. The van der Waals surface area contributed by atoms with Crippen LogP contribution < -0.4 is 0 Å². The van der Waals surface area contributed by atoms with E-state index in [1.165, 1.54) is 77.0 Å². The number of rotatable bonds is 3. The third-order valence-electron chi connectivity index (χ3n) is 6.84. The summed E-state index contributed by atoms with van der Waals surface area (Å²) in [5.74, 6) is 4.07. The quantitative estimate of drug-likeness (QED) is 0.548. The van der Waals surface area contributed by atoms with Gasteiger partial charge in [-0.1, -0.05) is 49.0 Å². The van der Waals surface area contributed by atoms with Crippen LogP contribution in [-0.2, 0) is 0 Å². The average molecular weight is 270 g/mol. The molecule has 0 radical (unpaired) electrons. The van der Waals surface area contributed by atoms with E-state index in [0.717, 1.165) is 23.7 Å². The van der Waals surface area contributed by atoms with Crippen molar-refractivity contribution in [3.05, 3.63) is 23.3 Å². The molecule has 0 bridgehead atoms. The Bertz CT molecular complexity index is 374. The summed E-state index contributed by atoms with van der Waals surface area (Å²) in [6.45, 7) is 0. The number of fused-ring (bicyclic) bond motifs is 2. The molecule has 20 heavy (non-hydrogen) atoms. The lowest BCUT2D eigenvalue weighted by atomic mass is 9.75. The fourth-order valence-electron chi connectivity index (χ4n) is 5.73. The first-order chi connectivity index (χ1) is 9.92. The van der Waals surface area contributed by atoms with E-state index in [4.69, 9.17) is 0 Å². The van der Waals surface area contributed by atoms with E-state index >= 15 is 0 Å². The molecule has 0 aromatic rings. The lowest BCUT2D eigenvalue weighted by Crippen LogP contribution is -2.18. The third kappa shape index (κ3) is 2.40. The van der Waals surface area contributed by atoms with Crippen molar-refractivity contribution in [1.29, 1.82) is 0 Å². The Morgan fingerprint density at radius 1 is 0.650 bits per heavy atom. The van der Waals surface area contributed by atoms with Crippen LogP contribution >= 0.6 is 0 Å². The van der Waals surface area contributed by atoms with E-state index in [-0.39, 0.29) is 0 Å². The van der Waals surface area contributed by atoms with Crippen molar-refractivity contribution in [1.82, 2.24) is 0 Å². The second kappa shape index (κ2) is 5.70. The highest BCUT2D eigenvalue weighted by atomic mass is 14.4. The smallest absolute Gasteiger partial charge is 0.0172 e. The zero-order valence-corrected chi connectivity index (χ0v) is 12.9. The topological polar surface area (TPSA) is 0 Å². The molecular weight excluding hydrogens is 240 g/mol. The number of allylic oxidation sites excluding steroid dienone is 4. The summed E-state index contributed by atoms with van der Waals surface area (Å²) in [4.78, 5) is 0. The minimum Gasteiger partial charge on any atom is -0.0847 e. The second-order valence-corrected chi connectivity index (χ2v) is 7.83. The summed E-state index contributed by atoms with van der Waals surface area (Å²) >= 11 is 0. The Kier molecular flexibility index (Phi) is 3.75. The minimum atomic E-state index is 0.993. The molecule has 4 rings (SSSR count). The van der Waals surface area contributed by atoms with Crippen LogP contribution in [0.5, 0.6) is 0 Å². The van der Waals surface area contributed by atoms with Crippen molar-refractivity contribution in [2.75, 3.05) is 0 Å². The van der Waals surface area contributed by atoms with Crippen molar-refractivity contribution in [2.24, 2.45) is 23.7 Å². The molecule has 4 atom stereocenters. The Labute approximate surface area is 124 Å². The summed E-state index contributed by atoms with van der Waals surface area (Å²) in [5, 5.41) is 0. The summed E-state index contributed by atoms with van der Waals surface area (Å²) < 4.78 is 0. The fraction of sp³-hybridized carbons (Fsp3) is 0.800. The molecule has 110 valence electrons. The van der Waals surface area contributed by atoms with Gasteiger partial charge in [-0.05, 0) is 75.0 Å². The van der Waals surface area contributed by atoms with Gasteiger partial charge < -0.3 is 0 Å². The molecule has 0 nitrogen and oxygen atoms in total. The molecule has 2 saturated carbocycles. The Balaban J connectivity index is 1.34. The summed E-state index contributed by atoms with van der Waals surface area (Å²) in [6, 6.07) is 0. The molecule has 0 heterocycles. The van der Waals surface area contributed by atoms with Gasteiger partial charge in [0.2, 0.25) is 0 Å². The zero-order valence-electron chi connectivity index (χ0n) is 12.9. The minimum absolute atomic E-state index is 0.993. The van der Waals surface area contributed by atoms with Crippen molar-refractivity contribution >= 4 is 0 Å². The molecule has 0 N–H and O–H groups in total. The van der Waals surface area contributed by atoms with Crippen LogP contribution in [-0.4, -0.2) is 0 Å². The first kappa shape index (κ1) is 13.2. The van der Waals surface area contributed by atoms with Crippen LogP contribution in [0, 0.1) is 23.7 Å². The molecule has 0 aliphatic heterocycles. The van der Waals surface area contributed by atoms with Gasteiger partial charge in [0.05, 0.1) is 0 Å². The maximum absolute atomic E-state index is 2.63. The van der Waals surface area contributed by atoms with Crippen LogP contribution in [0.4, 0.5) is 0 Å². The van der Waals surface area contributed by atoms with Crippen molar-refractivity contribution in [3.8, 4) is 0 Å². The molecule has 4 unspecified atom stereocenters. The molecule has 4 aliphatic rings. The standard InChI is InChI=1S/C20H30/c1-3-7-19-15(5-1)9-11-17(19)13-14-18-12-10-16-6-2-4-8-20(16)18/h11-12,15-16,19-20H,1-10,13-14H2. The molecule has 0 heteroatoms. The van der Waals surface area contributed by atoms with Gasteiger partial charge in [0.25, 0.3) is 0 Å². The van der Waals surface area contributed by atoms with Gasteiger partial charge in [-0.3, -0.25) is 0 Å². The maximum atomic E-state index is 2.63. The zero-order chi connectivity index (χ0) is 13.4. The van der Waals surface area contributed by atoms with Crippen molar-refractivity contribution in [2.45, 2.75) is 77.0 Å². The molecule has 2 fully saturated rings. The van der Waals surface area contributed by atoms with E-state index in [9.17, 15) is 0 Å². The fourth-order valence-corrected chi connectivity index (χ4v) is 5.73. The number of hydrogen-bond donors (Lipinski definition) is 0.